The van der Waals surface area contributed by atoms with Crippen LogP contribution in [0.1, 0.15) is 59.6 Å². The van der Waals surface area contributed by atoms with Gasteiger partial charge in [-0.25, -0.2) is 4.79 Å². The number of hydrogen-bond donors (Lipinski definition) is 4. The maximum atomic E-state index is 11.5. The number of ether oxygens (including phenoxy) is 3. The summed E-state index contributed by atoms with van der Waals surface area (Å²) >= 11 is 1.75. The maximum Gasteiger partial charge on any atom is 0.344 e. The largest absolute Gasteiger partial charge is 0.508 e. The zero-order valence-electron chi connectivity index (χ0n) is 29.6. The number of benzene rings is 4. The summed E-state index contributed by atoms with van der Waals surface area (Å²) in [6.45, 7) is 9.55. The molecule has 0 aliphatic rings. The number of hydrogen-bond acceptors (Lipinski definition) is 9. The van der Waals surface area contributed by atoms with Crippen molar-refractivity contribution in [2.45, 2.75) is 58.8 Å². The van der Waals surface area contributed by atoms with Crippen molar-refractivity contribution < 1.29 is 29.2 Å². The van der Waals surface area contributed by atoms with E-state index in [0.29, 0.717) is 18.9 Å². The van der Waals surface area contributed by atoms with Crippen molar-refractivity contribution >= 4 is 28.1 Å². The number of fused-ring (bicyclic) bond motifs is 1. The predicted octanol–water partition coefficient (Wildman–Crippen LogP) is 7.84. The molecule has 0 unspecified atom stereocenters. The number of aliphatic hydroxyl groups is 1. The molecule has 5 rings (SSSR count). The number of carbonyl (C=O) groups is 1. The van der Waals surface area contributed by atoms with E-state index >= 15 is 0 Å². The minimum Gasteiger partial charge on any atom is -0.508 e. The Morgan fingerprint density at radius 3 is 2.38 bits per heavy atom. The smallest absolute Gasteiger partial charge is 0.344 e. The van der Waals surface area contributed by atoms with E-state index in [9.17, 15) is 15.0 Å². The molecule has 0 amide bonds. The molecule has 9 heteroatoms. The number of aryl methyl sites for hydroxylation is 2. The zero-order chi connectivity index (χ0) is 35.9. The Kier molecular flexibility index (Phi) is 15.1. The predicted molar refractivity (Wildman–Crippen MR) is 202 cm³/mol. The third-order valence-corrected chi connectivity index (χ3v) is 9.35. The highest BCUT2D eigenvalue weighted by atomic mass is 32.1. The van der Waals surface area contributed by atoms with Crippen molar-refractivity contribution in [2.24, 2.45) is 0 Å². The van der Waals surface area contributed by atoms with Crippen molar-refractivity contribution in [1.29, 1.82) is 0 Å². The van der Waals surface area contributed by atoms with Gasteiger partial charge in [-0.2, -0.15) is 0 Å². The molecule has 1 aromatic heterocycles. The van der Waals surface area contributed by atoms with Crippen LogP contribution in [0.4, 0.5) is 0 Å². The number of esters is 1. The second-order valence-corrected chi connectivity index (χ2v) is 13.1. The number of aliphatic hydroxyl groups excluding tert-OH is 1. The van der Waals surface area contributed by atoms with Gasteiger partial charge in [0.05, 0.1) is 12.7 Å². The summed E-state index contributed by atoms with van der Waals surface area (Å²) in [7, 11) is 1.98. The van der Waals surface area contributed by atoms with Gasteiger partial charge in [-0.3, -0.25) is 0 Å². The first-order valence-electron chi connectivity index (χ1n) is 17.1. The van der Waals surface area contributed by atoms with Crippen LogP contribution in [-0.4, -0.2) is 55.6 Å². The van der Waals surface area contributed by atoms with Crippen LogP contribution in [0, 0.1) is 13.8 Å². The first-order chi connectivity index (χ1) is 24.2. The summed E-state index contributed by atoms with van der Waals surface area (Å²) in [4.78, 5) is 12.7. The Morgan fingerprint density at radius 2 is 1.66 bits per heavy atom. The van der Waals surface area contributed by atoms with Crippen LogP contribution in [0.25, 0.3) is 10.8 Å². The van der Waals surface area contributed by atoms with Crippen LogP contribution < -0.4 is 20.1 Å². The lowest BCUT2D eigenvalue weighted by atomic mass is 10.0. The number of phenols is 1. The minimum absolute atomic E-state index is 0.0955. The Balaban J connectivity index is 0.000000235. The Morgan fingerprint density at radius 1 is 0.900 bits per heavy atom. The van der Waals surface area contributed by atoms with Gasteiger partial charge in [0.15, 0.2) is 6.61 Å². The lowest BCUT2D eigenvalue weighted by Gasteiger charge is -2.21. The SMILES string of the molecule is CCOC(=O)COc1cc(C)c(CCN[C@@H](C)[C@H](O)c2ccc(O)cc2)cc1C.CNCC[C@H](Oc1cccc2ccccc12)c1cccs1. The first kappa shape index (κ1) is 38.4. The van der Waals surface area contributed by atoms with Gasteiger partial charge in [-0.15, -0.1) is 11.3 Å². The summed E-state index contributed by atoms with van der Waals surface area (Å²) in [5.41, 5.74) is 4.00. The summed E-state index contributed by atoms with van der Waals surface area (Å²) in [6, 6.07) is 29.3. The van der Waals surface area contributed by atoms with Gasteiger partial charge in [0.1, 0.15) is 23.4 Å². The zero-order valence-corrected chi connectivity index (χ0v) is 30.5. The molecule has 0 spiro atoms. The molecule has 266 valence electrons. The van der Waals surface area contributed by atoms with Crippen molar-refractivity contribution in [3.05, 3.63) is 124 Å². The highest BCUT2D eigenvalue weighted by Gasteiger charge is 2.17. The van der Waals surface area contributed by atoms with E-state index in [4.69, 9.17) is 14.2 Å². The van der Waals surface area contributed by atoms with E-state index in [1.54, 1.807) is 42.5 Å². The van der Waals surface area contributed by atoms with Crippen molar-refractivity contribution in [1.82, 2.24) is 10.6 Å². The molecule has 0 saturated heterocycles. The number of carbonyl (C=O) groups excluding carboxylic acids is 1. The van der Waals surface area contributed by atoms with Crippen LogP contribution in [0.5, 0.6) is 17.2 Å². The van der Waals surface area contributed by atoms with E-state index in [2.05, 4.69) is 76.7 Å². The number of nitrogens with one attached hydrogen (secondary N) is 2. The highest BCUT2D eigenvalue weighted by molar-refractivity contribution is 7.10. The topological polar surface area (TPSA) is 109 Å². The van der Waals surface area contributed by atoms with Gasteiger partial charge in [0, 0.05) is 22.7 Å². The Bertz CT molecular complexity index is 1750. The van der Waals surface area contributed by atoms with Gasteiger partial charge >= 0.3 is 5.97 Å². The van der Waals surface area contributed by atoms with E-state index in [0.717, 1.165) is 41.8 Å². The molecule has 0 bridgehead atoms. The van der Waals surface area contributed by atoms with Crippen molar-refractivity contribution in [3.8, 4) is 17.2 Å². The lowest BCUT2D eigenvalue weighted by Crippen LogP contribution is -2.33. The quantitative estimate of drug-likeness (QED) is 0.0773. The summed E-state index contributed by atoms with van der Waals surface area (Å²) in [5.74, 6) is 1.45. The molecule has 4 N–H and O–H groups in total. The van der Waals surface area contributed by atoms with Crippen LogP contribution in [-0.2, 0) is 16.0 Å². The van der Waals surface area contributed by atoms with Crippen molar-refractivity contribution in [3.63, 3.8) is 0 Å². The van der Waals surface area contributed by atoms with Crippen molar-refractivity contribution in [2.75, 3.05) is 33.4 Å². The molecule has 4 aromatic carbocycles. The van der Waals surface area contributed by atoms with Gasteiger partial charge in [0.25, 0.3) is 0 Å². The minimum atomic E-state index is -0.655. The molecular formula is C41H50N2O6S. The van der Waals surface area contributed by atoms with E-state index in [1.807, 2.05) is 33.9 Å². The maximum absolute atomic E-state index is 11.5. The van der Waals surface area contributed by atoms with Gasteiger partial charge in [-0.1, -0.05) is 60.7 Å². The molecule has 3 atom stereocenters. The fourth-order valence-corrected chi connectivity index (χ4v) is 6.37. The third kappa shape index (κ3) is 11.3. The molecule has 0 aliphatic heterocycles. The van der Waals surface area contributed by atoms with Gasteiger partial charge < -0.3 is 35.1 Å². The van der Waals surface area contributed by atoms with Crippen LogP contribution in [0.2, 0.25) is 0 Å². The van der Waals surface area contributed by atoms with Crippen LogP contribution >= 0.6 is 11.3 Å². The van der Waals surface area contributed by atoms with Gasteiger partial charge in [0.2, 0.25) is 0 Å². The average Bonchev–Trinajstić information content (AvgIpc) is 3.66. The Labute approximate surface area is 300 Å². The second-order valence-electron chi connectivity index (χ2n) is 12.2. The molecule has 0 aliphatic carbocycles. The number of phenolic OH excluding ortho intramolecular Hbond substituents is 1. The molecule has 8 nitrogen and oxygen atoms in total. The van der Waals surface area contributed by atoms with Crippen LogP contribution in [0.15, 0.2) is 96.4 Å². The average molecular weight is 699 g/mol. The fourth-order valence-electron chi connectivity index (χ4n) is 5.58. The number of thiophene rings is 1. The molecular weight excluding hydrogens is 649 g/mol. The number of rotatable bonds is 16. The standard InChI is InChI=1S/C23H31NO5.C18H19NOS/c1-5-28-22(26)14-29-21-13-15(2)19(12-16(21)3)10-11-24-17(4)23(27)18-6-8-20(25)9-7-18;1-19-12-11-17(18-10-5-13-21-18)20-16-9-4-7-14-6-2-3-8-15(14)16/h6-9,12-13,17,23-25,27H,5,10-11,14H2,1-4H3;2-10,13,17,19H,11-12H2,1H3/t17-,23-;17-/m00/s1. The first-order valence-corrected chi connectivity index (χ1v) is 18.0. The summed E-state index contributed by atoms with van der Waals surface area (Å²) in [5, 5.41) is 30.9. The molecule has 1 heterocycles. The fraction of sp³-hybridized carbons (Fsp3) is 0.341. The second kappa shape index (κ2) is 19.7. The molecule has 0 saturated carbocycles. The molecule has 50 heavy (non-hydrogen) atoms. The van der Waals surface area contributed by atoms with Crippen LogP contribution in [0.3, 0.4) is 0 Å². The summed E-state index contributed by atoms with van der Waals surface area (Å²) in [6.07, 6.45) is 1.21. The highest BCUT2D eigenvalue weighted by Crippen LogP contribution is 2.32. The van der Waals surface area contributed by atoms with Gasteiger partial charge in [-0.05, 0) is 118 Å². The normalized spacial score (nSPS) is 12.8. The van der Waals surface area contributed by atoms with E-state index < -0.39 is 6.10 Å². The van der Waals surface area contributed by atoms with E-state index in [1.165, 1.54) is 21.2 Å². The monoisotopic (exact) mass is 698 g/mol. The summed E-state index contributed by atoms with van der Waals surface area (Å²) < 4.78 is 16.8. The van der Waals surface area contributed by atoms with E-state index in [-0.39, 0.29) is 30.5 Å². The lowest BCUT2D eigenvalue weighted by molar-refractivity contribution is -0.145. The number of aromatic hydroxyl groups is 1. The molecule has 5 aromatic rings. The third-order valence-electron chi connectivity index (χ3n) is 8.39. The Hall–Kier alpha value is -4.41. The molecule has 0 fully saturated rings. The molecule has 0 radical (unpaired) electrons.